The van der Waals surface area contributed by atoms with Gasteiger partial charge in [-0.3, -0.25) is 4.79 Å². The number of amides is 1. The van der Waals surface area contributed by atoms with E-state index in [4.69, 9.17) is 9.47 Å². The van der Waals surface area contributed by atoms with Gasteiger partial charge in [0.05, 0.1) is 31.9 Å². The molecule has 0 saturated heterocycles. The highest BCUT2D eigenvalue weighted by molar-refractivity contribution is 5.95. The molecule has 0 fully saturated rings. The van der Waals surface area contributed by atoms with Crippen LogP contribution in [0.2, 0.25) is 0 Å². The average molecular weight is 352 g/mol. The maximum Gasteiger partial charge on any atom is 0.224 e. The summed E-state index contributed by atoms with van der Waals surface area (Å²) in [5.74, 6) is -0.0118. The number of nitrogens with one attached hydrogen (secondary N) is 2. The van der Waals surface area contributed by atoms with Crippen LogP contribution in [0.25, 0.3) is 22.2 Å². The van der Waals surface area contributed by atoms with Crippen molar-refractivity contribution in [2.45, 2.75) is 6.42 Å². The van der Waals surface area contributed by atoms with E-state index in [-0.39, 0.29) is 5.91 Å². The van der Waals surface area contributed by atoms with Crippen molar-refractivity contribution in [1.82, 2.24) is 10.3 Å². The zero-order valence-electron chi connectivity index (χ0n) is 15.0. The van der Waals surface area contributed by atoms with Crippen LogP contribution in [-0.4, -0.2) is 44.4 Å². The van der Waals surface area contributed by atoms with Crippen LogP contribution in [0.3, 0.4) is 0 Å². The molecule has 2 aromatic carbocycles. The number of aromatic nitrogens is 1. The van der Waals surface area contributed by atoms with Crippen LogP contribution in [0.4, 0.5) is 0 Å². The number of ether oxygens (including phenoxy) is 2. The number of benzene rings is 2. The molecule has 3 aromatic rings. The maximum absolute atomic E-state index is 12.4. The molecular formula is C21H24N2O3. The van der Waals surface area contributed by atoms with Crippen LogP contribution in [0.5, 0.6) is 0 Å². The molecule has 0 atom stereocenters. The molecule has 0 bridgehead atoms. The number of para-hydroxylation sites is 1. The first-order chi connectivity index (χ1) is 12.8. The van der Waals surface area contributed by atoms with Crippen molar-refractivity contribution >= 4 is 16.8 Å². The van der Waals surface area contributed by atoms with E-state index in [1.807, 2.05) is 36.4 Å². The number of hydrogen-bond donors (Lipinski definition) is 2. The quantitative estimate of drug-likeness (QED) is 0.582. The summed E-state index contributed by atoms with van der Waals surface area (Å²) in [5.41, 5.74) is 4.13. The summed E-state index contributed by atoms with van der Waals surface area (Å²) in [5, 5.41) is 4.00. The lowest BCUT2D eigenvalue weighted by molar-refractivity contribution is -0.120. The van der Waals surface area contributed by atoms with Crippen molar-refractivity contribution in [3.05, 3.63) is 60.2 Å². The third-order valence-electron chi connectivity index (χ3n) is 4.21. The van der Waals surface area contributed by atoms with Crippen molar-refractivity contribution in [2.24, 2.45) is 0 Å². The van der Waals surface area contributed by atoms with E-state index < -0.39 is 0 Å². The molecule has 0 aliphatic rings. The molecule has 136 valence electrons. The Bertz CT molecular complexity index is 843. The Labute approximate surface area is 153 Å². The number of fused-ring (bicyclic) bond motifs is 1. The second-order valence-corrected chi connectivity index (χ2v) is 6.02. The highest BCUT2D eigenvalue weighted by Gasteiger charge is 2.15. The molecule has 26 heavy (non-hydrogen) atoms. The number of rotatable bonds is 9. The van der Waals surface area contributed by atoms with Gasteiger partial charge < -0.3 is 19.8 Å². The molecule has 0 spiro atoms. The normalized spacial score (nSPS) is 11.0. The minimum absolute atomic E-state index is 0.0118. The Kier molecular flexibility index (Phi) is 6.41. The molecule has 5 heteroatoms. The van der Waals surface area contributed by atoms with Gasteiger partial charge in [0.15, 0.2) is 0 Å². The average Bonchev–Trinajstić information content (AvgIpc) is 3.04. The van der Waals surface area contributed by atoms with Crippen LogP contribution in [0.15, 0.2) is 54.6 Å². The molecule has 0 radical (unpaired) electrons. The largest absolute Gasteiger partial charge is 0.382 e. The first-order valence-corrected chi connectivity index (χ1v) is 8.78. The van der Waals surface area contributed by atoms with Gasteiger partial charge in [0.1, 0.15) is 0 Å². The predicted molar refractivity (Wildman–Crippen MR) is 103 cm³/mol. The van der Waals surface area contributed by atoms with E-state index in [2.05, 4.69) is 28.5 Å². The number of methoxy groups -OCH3 is 1. The molecule has 2 N–H and O–H groups in total. The van der Waals surface area contributed by atoms with E-state index in [0.29, 0.717) is 32.8 Å². The summed E-state index contributed by atoms with van der Waals surface area (Å²) < 4.78 is 10.3. The molecule has 1 amide bonds. The number of aromatic amines is 1. The second-order valence-electron chi connectivity index (χ2n) is 6.02. The number of H-pyrrole nitrogens is 1. The molecule has 0 aliphatic carbocycles. The topological polar surface area (TPSA) is 63.4 Å². The van der Waals surface area contributed by atoms with Gasteiger partial charge in [-0.05, 0) is 17.2 Å². The van der Waals surface area contributed by atoms with Crippen molar-refractivity contribution in [1.29, 1.82) is 0 Å². The number of carbonyl (C=O) groups excluding carboxylic acids is 1. The summed E-state index contributed by atoms with van der Waals surface area (Å²) in [7, 11) is 1.64. The Morgan fingerprint density at radius 3 is 2.58 bits per heavy atom. The SMILES string of the molecule is COCCOCCNC(=O)Cc1c(-c2ccccc2)[nH]c2ccccc12. The third kappa shape index (κ3) is 4.50. The van der Waals surface area contributed by atoms with E-state index in [0.717, 1.165) is 27.7 Å². The van der Waals surface area contributed by atoms with Gasteiger partial charge in [-0.1, -0.05) is 48.5 Å². The summed E-state index contributed by atoms with van der Waals surface area (Å²) in [6.45, 7) is 2.07. The van der Waals surface area contributed by atoms with Gasteiger partial charge >= 0.3 is 0 Å². The molecule has 3 rings (SSSR count). The third-order valence-corrected chi connectivity index (χ3v) is 4.21. The fourth-order valence-corrected chi connectivity index (χ4v) is 2.96. The molecule has 0 unspecified atom stereocenters. The van der Waals surface area contributed by atoms with E-state index >= 15 is 0 Å². The fraction of sp³-hybridized carbons (Fsp3) is 0.286. The molecule has 5 nitrogen and oxygen atoms in total. The Hall–Kier alpha value is -2.63. The number of carbonyl (C=O) groups is 1. The van der Waals surface area contributed by atoms with Gasteiger partial charge in [-0.25, -0.2) is 0 Å². The maximum atomic E-state index is 12.4. The van der Waals surface area contributed by atoms with Gasteiger partial charge in [0, 0.05) is 24.6 Å². The van der Waals surface area contributed by atoms with Crippen molar-refractivity contribution in [2.75, 3.05) is 33.5 Å². The molecule has 1 aromatic heterocycles. The van der Waals surface area contributed by atoms with E-state index in [1.54, 1.807) is 7.11 Å². The van der Waals surface area contributed by atoms with Gasteiger partial charge in [-0.15, -0.1) is 0 Å². The summed E-state index contributed by atoms with van der Waals surface area (Å²) >= 11 is 0. The summed E-state index contributed by atoms with van der Waals surface area (Å²) in [6.07, 6.45) is 0.326. The van der Waals surface area contributed by atoms with Crippen molar-refractivity contribution in [3.8, 4) is 11.3 Å². The first kappa shape index (κ1) is 18.2. The van der Waals surface area contributed by atoms with Crippen molar-refractivity contribution in [3.63, 3.8) is 0 Å². The van der Waals surface area contributed by atoms with Gasteiger partial charge in [0.25, 0.3) is 0 Å². The van der Waals surface area contributed by atoms with E-state index in [9.17, 15) is 4.79 Å². The Morgan fingerprint density at radius 1 is 1.00 bits per heavy atom. The van der Waals surface area contributed by atoms with Crippen LogP contribution in [-0.2, 0) is 20.7 Å². The second kappa shape index (κ2) is 9.17. The standard InChI is InChI=1S/C21H24N2O3/c1-25-13-14-26-12-11-22-20(24)15-18-17-9-5-6-10-19(17)23-21(18)16-7-3-2-4-8-16/h2-10,23H,11-15H2,1H3,(H,22,24). The van der Waals surface area contributed by atoms with E-state index in [1.165, 1.54) is 0 Å². The summed E-state index contributed by atoms with van der Waals surface area (Å²) in [4.78, 5) is 15.9. The minimum atomic E-state index is -0.0118. The lowest BCUT2D eigenvalue weighted by Gasteiger charge is -2.08. The monoisotopic (exact) mass is 352 g/mol. The molecule has 0 saturated carbocycles. The van der Waals surface area contributed by atoms with Gasteiger partial charge in [-0.2, -0.15) is 0 Å². The number of hydrogen-bond acceptors (Lipinski definition) is 3. The molecule has 0 aliphatic heterocycles. The fourth-order valence-electron chi connectivity index (χ4n) is 2.96. The highest BCUT2D eigenvalue weighted by atomic mass is 16.5. The zero-order chi connectivity index (χ0) is 18.2. The lowest BCUT2D eigenvalue weighted by atomic mass is 10.0. The smallest absolute Gasteiger partial charge is 0.224 e. The van der Waals surface area contributed by atoms with Crippen molar-refractivity contribution < 1.29 is 14.3 Å². The molecule has 1 heterocycles. The predicted octanol–water partition coefficient (Wildman–Crippen LogP) is 3.16. The lowest BCUT2D eigenvalue weighted by Crippen LogP contribution is -2.29. The zero-order valence-corrected chi connectivity index (χ0v) is 15.0. The van der Waals surface area contributed by atoms with Crippen LogP contribution < -0.4 is 5.32 Å². The summed E-state index contributed by atoms with van der Waals surface area (Å²) in [6, 6.07) is 18.2. The Morgan fingerprint density at radius 2 is 1.77 bits per heavy atom. The molecular weight excluding hydrogens is 328 g/mol. The first-order valence-electron chi connectivity index (χ1n) is 8.78. The Balaban J connectivity index is 1.71. The van der Waals surface area contributed by atoms with Crippen LogP contribution in [0, 0.1) is 0 Å². The van der Waals surface area contributed by atoms with Crippen LogP contribution in [0.1, 0.15) is 5.56 Å². The van der Waals surface area contributed by atoms with Gasteiger partial charge in [0.2, 0.25) is 5.91 Å². The van der Waals surface area contributed by atoms with Crippen LogP contribution >= 0.6 is 0 Å². The highest BCUT2D eigenvalue weighted by Crippen LogP contribution is 2.30. The minimum Gasteiger partial charge on any atom is -0.382 e.